The van der Waals surface area contributed by atoms with Crippen LogP contribution in [0.2, 0.25) is 0 Å². The minimum atomic E-state index is -0.403. The lowest BCUT2D eigenvalue weighted by Gasteiger charge is -2.29. The molecule has 0 aromatic rings. The first-order chi connectivity index (χ1) is 6.46. The van der Waals surface area contributed by atoms with Gasteiger partial charge in [0.25, 0.3) is 0 Å². The van der Waals surface area contributed by atoms with Crippen LogP contribution in [0.25, 0.3) is 0 Å². The average Bonchev–Trinajstić information content (AvgIpc) is 2.59. The van der Waals surface area contributed by atoms with Gasteiger partial charge in [0, 0.05) is 0 Å². The van der Waals surface area contributed by atoms with Crippen molar-refractivity contribution in [3.63, 3.8) is 0 Å². The van der Waals surface area contributed by atoms with Crippen LogP contribution < -0.4 is 0 Å². The minimum Gasteiger partial charge on any atom is -0.444 e. The Morgan fingerprint density at radius 3 is 2.64 bits per heavy atom. The molecule has 2 saturated heterocycles. The summed E-state index contributed by atoms with van der Waals surface area (Å²) in [5.41, 5.74) is -0.403. The summed E-state index contributed by atoms with van der Waals surface area (Å²) in [7, 11) is 0. The number of likely N-dealkylation sites (tertiary alicyclic amines) is 1. The van der Waals surface area contributed by atoms with Gasteiger partial charge in [-0.3, -0.25) is 0 Å². The van der Waals surface area contributed by atoms with Crippen molar-refractivity contribution in [3.8, 4) is 0 Å². The van der Waals surface area contributed by atoms with Crippen molar-refractivity contribution >= 4 is 6.09 Å². The maximum absolute atomic E-state index is 11.7. The first-order valence-electron chi connectivity index (χ1n) is 5.07. The van der Waals surface area contributed by atoms with Gasteiger partial charge in [-0.1, -0.05) is 0 Å². The monoisotopic (exact) mass is 199 g/mol. The number of amides is 1. The lowest BCUT2D eigenvalue weighted by molar-refractivity contribution is -0.00882. The Kier molecular flexibility index (Phi) is 2.18. The molecule has 0 aliphatic carbocycles. The largest absolute Gasteiger partial charge is 0.444 e. The van der Waals surface area contributed by atoms with Gasteiger partial charge in [-0.25, -0.2) is 4.79 Å². The topological polar surface area (TPSA) is 38.8 Å². The van der Waals surface area contributed by atoms with E-state index in [0.29, 0.717) is 13.2 Å². The molecule has 0 unspecified atom stereocenters. The van der Waals surface area contributed by atoms with Crippen molar-refractivity contribution in [2.75, 3.05) is 13.2 Å². The number of ether oxygens (including phenoxy) is 2. The van der Waals surface area contributed by atoms with E-state index >= 15 is 0 Å². The zero-order valence-electron chi connectivity index (χ0n) is 8.95. The zero-order valence-corrected chi connectivity index (χ0v) is 8.95. The van der Waals surface area contributed by atoms with E-state index in [1.807, 2.05) is 20.8 Å². The van der Waals surface area contributed by atoms with Crippen LogP contribution in [-0.4, -0.2) is 41.9 Å². The predicted octanol–water partition coefficient (Wildman–Crippen LogP) is 1.39. The third-order valence-corrected chi connectivity index (χ3v) is 2.53. The Bertz CT molecular complexity index is 246. The maximum atomic E-state index is 11.7. The molecule has 2 fully saturated rings. The van der Waals surface area contributed by atoms with Crippen molar-refractivity contribution in [1.82, 2.24) is 4.90 Å². The van der Waals surface area contributed by atoms with E-state index < -0.39 is 5.60 Å². The second kappa shape index (κ2) is 3.12. The van der Waals surface area contributed by atoms with Crippen LogP contribution in [0.3, 0.4) is 0 Å². The Labute approximate surface area is 84.2 Å². The number of hydrogen-bond acceptors (Lipinski definition) is 3. The molecule has 2 heterocycles. The van der Waals surface area contributed by atoms with Crippen LogP contribution in [0.1, 0.15) is 27.2 Å². The number of nitrogens with zero attached hydrogens (tertiary/aromatic N) is 1. The summed E-state index contributed by atoms with van der Waals surface area (Å²) in [6.45, 7) is 7.02. The predicted molar refractivity (Wildman–Crippen MR) is 51.1 cm³/mol. The number of hydrogen-bond donors (Lipinski definition) is 0. The van der Waals surface area contributed by atoms with E-state index in [1.165, 1.54) is 0 Å². The highest BCUT2D eigenvalue weighted by molar-refractivity contribution is 5.69. The summed E-state index contributed by atoms with van der Waals surface area (Å²) in [4.78, 5) is 13.5. The van der Waals surface area contributed by atoms with Crippen LogP contribution in [0.4, 0.5) is 4.79 Å². The van der Waals surface area contributed by atoms with Gasteiger partial charge in [0.05, 0.1) is 25.3 Å². The average molecular weight is 199 g/mol. The summed E-state index contributed by atoms with van der Waals surface area (Å²) < 4.78 is 10.7. The third-order valence-electron chi connectivity index (χ3n) is 2.53. The molecule has 0 saturated carbocycles. The van der Waals surface area contributed by atoms with Crippen LogP contribution >= 0.6 is 0 Å². The molecule has 1 amide bonds. The number of carbonyl (C=O) groups is 1. The van der Waals surface area contributed by atoms with Gasteiger partial charge in [0.1, 0.15) is 5.60 Å². The van der Waals surface area contributed by atoms with Crippen LogP contribution in [0.5, 0.6) is 0 Å². The number of carbonyl (C=O) groups excluding carboxylic acids is 1. The molecule has 0 N–H and O–H groups in total. The summed E-state index contributed by atoms with van der Waals surface area (Å²) in [5, 5.41) is 0. The van der Waals surface area contributed by atoms with Crippen LogP contribution in [-0.2, 0) is 9.47 Å². The van der Waals surface area contributed by atoms with Crippen molar-refractivity contribution in [1.29, 1.82) is 0 Å². The molecule has 80 valence electrons. The fraction of sp³-hybridized carbons (Fsp3) is 0.900. The summed E-state index contributed by atoms with van der Waals surface area (Å²) in [6, 6.07) is 0.245. The third kappa shape index (κ3) is 1.85. The smallest absolute Gasteiger partial charge is 0.410 e. The fourth-order valence-electron chi connectivity index (χ4n) is 1.94. The Morgan fingerprint density at radius 2 is 2.21 bits per heavy atom. The summed E-state index contributed by atoms with van der Waals surface area (Å²) >= 11 is 0. The van der Waals surface area contributed by atoms with Gasteiger partial charge in [-0.2, -0.15) is 0 Å². The summed E-state index contributed by atoms with van der Waals surface area (Å²) in [6.07, 6.45) is 1.01. The molecule has 0 aromatic carbocycles. The number of fused-ring (bicyclic) bond motifs is 2. The van der Waals surface area contributed by atoms with Gasteiger partial charge < -0.3 is 14.4 Å². The SMILES string of the molecule is CC(C)(C)OC(=O)N1C[C@@H]2C[C@@H]1CO2. The van der Waals surface area contributed by atoms with Crippen LogP contribution in [0, 0.1) is 0 Å². The Balaban J connectivity index is 1.93. The Hall–Kier alpha value is -0.770. The van der Waals surface area contributed by atoms with E-state index in [0.717, 1.165) is 6.42 Å². The molecule has 14 heavy (non-hydrogen) atoms. The second-order valence-corrected chi connectivity index (χ2v) is 4.98. The van der Waals surface area contributed by atoms with Gasteiger partial charge in [0.15, 0.2) is 0 Å². The first kappa shape index (κ1) is 9.77. The van der Waals surface area contributed by atoms with E-state index in [2.05, 4.69) is 0 Å². The normalized spacial score (nSPS) is 30.9. The standard InChI is InChI=1S/C10H17NO3/c1-10(2,3)14-9(12)11-5-8-4-7(11)6-13-8/h7-8H,4-6H2,1-3H3/t7-,8+/m1/s1. The molecule has 4 heteroatoms. The molecule has 0 aromatic heterocycles. The second-order valence-electron chi connectivity index (χ2n) is 4.98. The van der Waals surface area contributed by atoms with Gasteiger partial charge in [-0.15, -0.1) is 0 Å². The lowest BCUT2D eigenvalue weighted by atomic mass is 10.2. The molecular weight excluding hydrogens is 182 g/mol. The molecule has 0 radical (unpaired) electrons. The molecule has 0 spiro atoms. The van der Waals surface area contributed by atoms with E-state index in [4.69, 9.17) is 9.47 Å². The van der Waals surface area contributed by atoms with Crippen molar-refractivity contribution in [2.24, 2.45) is 0 Å². The van der Waals surface area contributed by atoms with Crippen molar-refractivity contribution in [2.45, 2.75) is 44.9 Å². The molecule has 4 nitrogen and oxygen atoms in total. The van der Waals surface area contributed by atoms with Gasteiger partial charge in [-0.05, 0) is 27.2 Å². The van der Waals surface area contributed by atoms with Crippen molar-refractivity contribution in [3.05, 3.63) is 0 Å². The molecule has 2 aliphatic rings. The molecular formula is C10H17NO3. The quantitative estimate of drug-likeness (QED) is 0.592. The number of rotatable bonds is 0. The highest BCUT2D eigenvalue weighted by atomic mass is 16.6. The van der Waals surface area contributed by atoms with E-state index in [9.17, 15) is 4.79 Å². The van der Waals surface area contributed by atoms with E-state index in [1.54, 1.807) is 4.90 Å². The van der Waals surface area contributed by atoms with Crippen molar-refractivity contribution < 1.29 is 14.3 Å². The molecule has 2 rings (SSSR count). The zero-order chi connectivity index (χ0) is 10.3. The Morgan fingerprint density at radius 1 is 1.50 bits per heavy atom. The molecule has 2 atom stereocenters. The summed E-state index contributed by atoms with van der Waals surface area (Å²) in [5.74, 6) is 0. The highest BCUT2D eigenvalue weighted by Crippen LogP contribution is 2.28. The van der Waals surface area contributed by atoms with Gasteiger partial charge >= 0.3 is 6.09 Å². The molecule has 2 aliphatic heterocycles. The maximum Gasteiger partial charge on any atom is 0.410 e. The van der Waals surface area contributed by atoms with Gasteiger partial charge in [0.2, 0.25) is 0 Å². The highest BCUT2D eigenvalue weighted by Gasteiger charge is 2.42. The lowest BCUT2D eigenvalue weighted by Crippen LogP contribution is -2.44. The first-order valence-corrected chi connectivity index (χ1v) is 5.07. The minimum absolute atomic E-state index is 0.201. The van der Waals surface area contributed by atoms with Crippen LogP contribution in [0.15, 0.2) is 0 Å². The fourth-order valence-corrected chi connectivity index (χ4v) is 1.94. The van der Waals surface area contributed by atoms with E-state index in [-0.39, 0.29) is 18.2 Å². The number of morpholine rings is 1. The molecule has 2 bridgehead atoms.